The largest absolute Gasteiger partial charge is 0.481 e. The lowest BCUT2D eigenvalue weighted by atomic mass is 9.97. The van der Waals surface area contributed by atoms with E-state index in [1.54, 1.807) is 13.8 Å². The zero-order valence-corrected chi connectivity index (χ0v) is 66.9. The molecule has 4 aliphatic heterocycles. The first-order valence-electron chi connectivity index (χ1n) is 36.8. The lowest BCUT2D eigenvalue weighted by Crippen LogP contribution is -2.62. The van der Waals surface area contributed by atoms with E-state index in [9.17, 15) is 106 Å². The zero-order chi connectivity index (χ0) is 85.1. The maximum absolute atomic E-state index is 14.9. The predicted octanol–water partition coefficient (Wildman–Crippen LogP) is -8.25. The highest BCUT2D eigenvalue weighted by Gasteiger charge is 2.45. The molecule has 0 saturated carbocycles. The molecule has 4 saturated heterocycles. The van der Waals surface area contributed by atoms with E-state index < -0.39 is 283 Å². The van der Waals surface area contributed by atoms with Crippen LogP contribution in [0.15, 0.2) is 25.0 Å². The number of fused-ring (bicyclic) bond motifs is 10. The van der Waals surface area contributed by atoms with E-state index in [-0.39, 0.29) is 63.0 Å². The van der Waals surface area contributed by atoms with Crippen molar-refractivity contribution in [2.45, 2.75) is 209 Å². The Labute approximate surface area is 674 Å². The molecule has 0 spiro atoms. The van der Waals surface area contributed by atoms with Gasteiger partial charge in [0.2, 0.25) is 100 Å². The molecule has 634 valence electrons. The molecule has 0 aromatic carbocycles. The second-order valence-electron chi connectivity index (χ2n) is 28.1. The third-order valence-corrected chi connectivity index (χ3v) is 23.7. The van der Waals surface area contributed by atoms with Crippen LogP contribution in [0.1, 0.15) is 111 Å². The molecule has 2 bridgehead atoms. The highest BCUT2D eigenvalue weighted by atomic mass is 33.1. The van der Waals surface area contributed by atoms with Gasteiger partial charge in [-0.25, -0.2) is 9.97 Å². The summed E-state index contributed by atoms with van der Waals surface area (Å²) in [5.74, 6) is -25.4. The fourth-order valence-corrected chi connectivity index (χ4v) is 16.9. The molecule has 6 rings (SSSR count). The Bertz CT molecular complexity index is 3860. The van der Waals surface area contributed by atoms with Gasteiger partial charge >= 0.3 is 11.9 Å². The summed E-state index contributed by atoms with van der Waals surface area (Å²) in [7, 11) is 3.10. The maximum atomic E-state index is 14.9. The Kier molecular flexibility index (Phi) is 36.7. The SMILES string of the molecule is CC[C@H](C)[C@@H]1NC(=O)[C@H](CCC(=O)O)NC(=O)[C@@H]2CCCN2C(=O)[C@H](Cc2cnc[nH]2)NC(=O)[C@H](CC(=O)O)NC(=O)[C@H](C(C)C)NC(=O)[C@H](CC(N)=O)NC(=O)[C@@H]2CSSC[C@H](NC(=O)[C@H](C)N)C(=O)N[C@@H](CSSC[C@@H](C(N)=O)NC1=O)C(=O)N[C@@H](CO)C(=O)N[C@@H](Cc1cnc[nH]1)C(=O)N1CCC[C@H]1C(=O)N[C@@H](C)C(=O)N2. The predicted molar refractivity (Wildman–Crippen MR) is 412 cm³/mol. The lowest BCUT2D eigenvalue weighted by molar-refractivity contribution is -0.144. The van der Waals surface area contributed by atoms with Crippen molar-refractivity contribution in [3.63, 3.8) is 0 Å². The van der Waals surface area contributed by atoms with Crippen LogP contribution in [0.4, 0.5) is 0 Å². The van der Waals surface area contributed by atoms with Gasteiger partial charge in [-0.1, -0.05) is 77.3 Å². The minimum atomic E-state index is -2.07. The van der Waals surface area contributed by atoms with Crippen molar-refractivity contribution >= 4 is 156 Å². The van der Waals surface area contributed by atoms with Crippen molar-refractivity contribution in [3.05, 3.63) is 36.4 Å². The van der Waals surface area contributed by atoms with E-state index in [2.05, 4.69) is 89.1 Å². The Morgan fingerprint density at radius 1 is 0.522 bits per heavy atom. The normalized spacial score (nSPS) is 28.0. The fraction of sp³-hybridized carbons (Fsp3) is 0.627. The van der Waals surface area contributed by atoms with Gasteiger partial charge in [0.25, 0.3) is 0 Å². The van der Waals surface area contributed by atoms with E-state index in [1.165, 1.54) is 52.7 Å². The molecule has 48 heteroatoms. The molecule has 24 N–H and O–H groups in total. The monoisotopic (exact) mass is 1690 g/mol. The summed E-state index contributed by atoms with van der Waals surface area (Å²) in [5.41, 5.74) is 17.9. The molecule has 0 aliphatic carbocycles. The van der Waals surface area contributed by atoms with Gasteiger partial charge in [-0.2, -0.15) is 0 Å². The van der Waals surface area contributed by atoms with Gasteiger partial charge in [-0.15, -0.1) is 0 Å². The van der Waals surface area contributed by atoms with Crippen molar-refractivity contribution in [3.8, 4) is 0 Å². The number of nitrogens with zero attached hydrogens (tertiary/aromatic N) is 4. The molecule has 0 unspecified atom stereocenters. The summed E-state index contributed by atoms with van der Waals surface area (Å²) < 4.78 is 0. The average molecular weight is 1690 g/mol. The van der Waals surface area contributed by atoms with E-state index >= 15 is 0 Å². The van der Waals surface area contributed by atoms with Crippen molar-refractivity contribution in [2.75, 3.05) is 42.7 Å². The highest BCUT2D eigenvalue weighted by molar-refractivity contribution is 8.77. The summed E-state index contributed by atoms with van der Waals surface area (Å²) in [5, 5.41) is 62.6. The van der Waals surface area contributed by atoms with Crippen LogP contribution in [-0.2, 0) is 104 Å². The number of hydrogen-bond acceptors (Lipinski definition) is 27. The highest BCUT2D eigenvalue weighted by Crippen LogP contribution is 2.27. The molecule has 4 aliphatic rings. The molecule has 2 aromatic rings. The number of rotatable bonds is 18. The van der Waals surface area contributed by atoms with Crippen LogP contribution in [0.25, 0.3) is 0 Å². The number of carboxylic acids is 2. The number of H-pyrrole nitrogens is 2. The van der Waals surface area contributed by atoms with E-state index in [1.807, 2.05) is 0 Å². The number of carbonyl (C=O) groups is 19. The van der Waals surface area contributed by atoms with Crippen molar-refractivity contribution in [1.82, 2.24) is 98.9 Å². The number of carbonyl (C=O) groups excluding carboxylic acids is 17. The average Bonchev–Trinajstić information content (AvgIpc) is 1.70. The fourth-order valence-electron chi connectivity index (χ4n) is 12.2. The maximum Gasteiger partial charge on any atom is 0.305 e. The number of carboxylic acid groups (broad SMARTS) is 2. The van der Waals surface area contributed by atoms with Gasteiger partial charge in [0, 0.05) is 79.1 Å². The molecule has 0 radical (unpaired) electrons. The topological polar surface area (TPSA) is 683 Å². The summed E-state index contributed by atoms with van der Waals surface area (Å²) in [4.78, 5) is 284. The first-order chi connectivity index (χ1) is 54.4. The minimum absolute atomic E-state index is 0.0220. The van der Waals surface area contributed by atoms with E-state index in [4.69, 9.17) is 17.2 Å². The van der Waals surface area contributed by atoms with Crippen molar-refractivity contribution in [2.24, 2.45) is 29.0 Å². The Morgan fingerprint density at radius 3 is 1.46 bits per heavy atom. The number of aliphatic carboxylic acids is 2. The smallest absolute Gasteiger partial charge is 0.305 e. The number of imidazole rings is 2. The second kappa shape index (κ2) is 45.1. The number of nitrogens with two attached hydrogens (primary N) is 3. The Morgan fingerprint density at radius 2 is 0.974 bits per heavy atom. The number of aromatic nitrogens is 4. The molecule has 4 fully saturated rings. The zero-order valence-electron chi connectivity index (χ0n) is 63.7. The summed E-state index contributed by atoms with van der Waals surface area (Å²) in [6.07, 6.45) is 1.39. The molecule has 6 heterocycles. The molecule has 115 heavy (non-hydrogen) atoms. The van der Waals surface area contributed by atoms with Gasteiger partial charge in [0.1, 0.15) is 90.6 Å². The lowest BCUT2D eigenvalue weighted by Gasteiger charge is -2.31. The number of amides is 17. The number of aromatic amines is 2. The molecule has 17 amide bonds. The van der Waals surface area contributed by atoms with Crippen LogP contribution < -0.4 is 86.3 Å². The number of nitrogens with one attached hydrogen (secondary N) is 15. The van der Waals surface area contributed by atoms with Crippen LogP contribution in [-0.4, -0.2) is 297 Å². The molecule has 2 aromatic heterocycles. The summed E-state index contributed by atoms with van der Waals surface area (Å²) in [6, 6.07) is -26.7. The minimum Gasteiger partial charge on any atom is -0.481 e. The first kappa shape index (κ1) is 93.5. The Balaban J connectivity index is 1.48. The van der Waals surface area contributed by atoms with Gasteiger partial charge < -0.3 is 121 Å². The number of primary amides is 2. The Hall–Kier alpha value is -10.3. The van der Waals surface area contributed by atoms with Gasteiger partial charge in [0.05, 0.1) is 38.1 Å². The van der Waals surface area contributed by atoms with Crippen molar-refractivity contribution < 1.29 is 106 Å². The van der Waals surface area contributed by atoms with E-state index in [0.717, 1.165) is 53.0 Å². The van der Waals surface area contributed by atoms with Gasteiger partial charge in [0.15, 0.2) is 0 Å². The second-order valence-corrected chi connectivity index (χ2v) is 33.2. The molecule has 44 nitrogen and oxygen atoms in total. The number of aliphatic hydroxyl groups excluding tert-OH is 1. The number of hydrogen-bond donors (Lipinski definition) is 21. The van der Waals surface area contributed by atoms with Crippen LogP contribution in [0.3, 0.4) is 0 Å². The molecule has 17 atom stereocenters. The third-order valence-electron chi connectivity index (χ3n) is 18.9. The third kappa shape index (κ3) is 28.3. The standard InChI is InChI=1S/C67H100N22O22S4/c1-7-30(4)51-65(109)82-41(52(70)96)23-112-113-26-44-60(104)81-40(22-90)58(102)80-39(17-34-21-72-28-74-34)67(111)88-14-8-10-45(88)62(106)75-32(6)54(98)84-43(25-115-114-24-42(61(105)85-44)83-53(97)31(5)68)59(103)77-36(18-47(69)91)57(101)86-50(29(2)3)64(108)78-37(19-49(94)95)56(100)79-38(16-33-20-71-27-73-33)66(110)89-15-9-11-46(89)63(107)76-35(55(99)87-51)12-13-48(92)93/h20-21,27-32,35-46,50-51,90H,7-19,22-26,68H2,1-6H3,(H2,69,91)(H2,70,96)(H,71,73)(H,72,74)(H,75,106)(H,76,107)(H,77,103)(H,78,108)(H,79,100)(H,80,102)(H,81,104)(H,82,109)(H,83,97)(H,84,98)(H,85,105)(H,86,101)(H,87,99)(H,92,93)(H,94,95)/t30-,31-,32-,35-,36-,37-,38-,39-,40-,41-,42-,43-,44-,45-,46-,50-,51-/m0/s1. The van der Waals surface area contributed by atoms with Gasteiger partial charge in [-0.3, -0.25) is 91.1 Å². The first-order valence-corrected chi connectivity index (χ1v) is 41.8. The molecular weight excluding hydrogens is 1590 g/mol. The summed E-state index contributed by atoms with van der Waals surface area (Å²) in [6.45, 7) is 7.12. The van der Waals surface area contributed by atoms with Crippen LogP contribution in [0.2, 0.25) is 0 Å². The molecular formula is C67H100N22O22S4. The van der Waals surface area contributed by atoms with Crippen LogP contribution in [0.5, 0.6) is 0 Å². The number of aliphatic hydroxyl groups is 1. The summed E-state index contributed by atoms with van der Waals surface area (Å²) >= 11 is 0. The quantitative estimate of drug-likeness (QED) is 0.0616. The van der Waals surface area contributed by atoms with Crippen LogP contribution >= 0.6 is 43.2 Å². The van der Waals surface area contributed by atoms with Gasteiger partial charge in [-0.05, 0) is 57.8 Å². The van der Waals surface area contributed by atoms with E-state index in [0.29, 0.717) is 0 Å². The van der Waals surface area contributed by atoms with Crippen molar-refractivity contribution in [1.29, 1.82) is 0 Å². The van der Waals surface area contributed by atoms with Crippen LogP contribution in [0, 0.1) is 11.8 Å².